The summed E-state index contributed by atoms with van der Waals surface area (Å²) in [7, 11) is 3.23. The average molecular weight is 439 g/mol. The van der Waals surface area contributed by atoms with Gasteiger partial charge in [0.1, 0.15) is 17.1 Å². The molecule has 0 radical (unpaired) electrons. The molecule has 0 unspecified atom stereocenters. The van der Waals surface area contributed by atoms with Crippen molar-refractivity contribution >= 4 is 28.9 Å². The molecule has 1 aromatic carbocycles. The van der Waals surface area contributed by atoms with Gasteiger partial charge < -0.3 is 26.5 Å². The first-order chi connectivity index (χ1) is 14.9. The van der Waals surface area contributed by atoms with E-state index in [1.807, 2.05) is 0 Å². The number of carbonyl (C=O) groups excluding carboxylic acids is 3. The van der Waals surface area contributed by atoms with Crippen LogP contribution in [0.3, 0.4) is 0 Å². The molecule has 1 aromatic rings. The number of nitrogens with two attached hydrogens (primary N) is 1. The van der Waals surface area contributed by atoms with E-state index in [9.17, 15) is 29.7 Å². The number of nitrogens with one attached hydrogen (secondary N) is 1. The Morgan fingerprint density at radius 1 is 1.25 bits per heavy atom. The maximum Gasteiger partial charge on any atom is 0.254 e. The first-order valence-electron chi connectivity index (χ1n) is 10.2. The predicted molar refractivity (Wildman–Crippen MR) is 115 cm³/mol. The van der Waals surface area contributed by atoms with Gasteiger partial charge in [-0.25, -0.2) is 0 Å². The third kappa shape index (κ3) is 2.71. The van der Waals surface area contributed by atoms with Gasteiger partial charge in [0.2, 0.25) is 5.78 Å². The molecule has 0 bridgehead atoms. The number of aliphatic hydroxyl groups is 3. The van der Waals surface area contributed by atoms with E-state index in [0.29, 0.717) is 16.7 Å². The highest BCUT2D eigenvalue weighted by Gasteiger charge is 2.63. The normalized spacial score (nSPS) is 29.6. The van der Waals surface area contributed by atoms with Crippen molar-refractivity contribution in [2.45, 2.75) is 31.4 Å². The number of rotatable bonds is 3. The Balaban J connectivity index is 1.95. The Morgan fingerprint density at radius 2 is 1.91 bits per heavy atom. The van der Waals surface area contributed by atoms with Gasteiger partial charge in [0, 0.05) is 22.6 Å². The number of hydrogen-bond donors (Lipinski definition) is 5. The fourth-order valence-electron chi connectivity index (χ4n) is 5.56. The van der Waals surface area contributed by atoms with E-state index in [1.54, 1.807) is 37.2 Å². The minimum Gasteiger partial charge on any atom is -0.510 e. The Hall–Kier alpha value is -3.30. The summed E-state index contributed by atoms with van der Waals surface area (Å²) in [6.45, 7) is 1.43. The van der Waals surface area contributed by atoms with Crippen molar-refractivity contribution in [2.75, 3.05) is 14.1 Å². The van der Waals surface area contributed by atoms with Gasteiger partial charge in [0.05, 0.1) is 11.8 Å². The molecule has 9 heteroatoms. The van der Waals surface area contributed by atoms with Crippen molar-refractivity contribution in [3.63, 3.8) is 0 Å². The van der Waals surface area contributed by atoms with Crippen LogP contribution in [0.4, 0.5) is 0 Å². The molecule has 32 heavy (non-hydrogen) atoms. The third-order valence-corrected chi connectivity index (χ3v) is 6.94. The van der Waals surface area contributed by atoms with Crippen LogP contribution in [-0.2, 0) is 16.0 Å². The Labute approximate surface area is 184 Å². The number of carbonyl (C=O) groups is 3. The highest BCUT2D eigenvalue weighted by molar-refractivity contribution is 6.33. The maximum atomic E-state index is 13.7. The van der Waals surface area contributed by atoms with Gasteiger partial charge in [0.15, 0.2) is 11.4 Å². The standard InChI is InChI=1S/C23H25N3O6/c1-9(27)11-5-4-6-12-13(11)7-10-8-14-17(26(2)3)19(29)16(22(25)31)20(24)23(14,32)21(30)15(10)18(12)28/h4-6,10,14,17,24,28-29,32H,7-8H2,1-3H3,(H2,25,31)/t10-,14-,17+,23+/m0/s1. The molecule has 4 rings (SSSR count). The summed E-state index contributed by atoms with van der Waals surface area (Å²) in [5.74, 6) is -4.50. The zero-order valence-corrected chi connectivity index (χ0v) is 18.0. The number of ketones is 2. The van der Waals surface area contributed by atoms with Gasteiger partial charge >= 0.3 is 0 Å². The predicted octanol–water partition coefficient (Wildman–Crippen LogP) is 0.912. The van der Waals surface area contributed by atoms with Crippen LogP contribution in [0.1, 0.15) is 34.8 Å². The smallest absolute Gasteiger partial charge is 0.254 e. The first kappa shape index (κ1) is 21.9. The summed E-state index contributed by atoms with van der Waals surface area (Å²) in [5, 5.41) is 41.8. The van der Waals surface area contributed by atoms with E-state index in [2.05, 4.69) is 0 Å². The van der Waals surface area contributed by atoms with Crippen LogP contribution < -0.4 is 5.73 Å². The lowest BCUT2D eigenvalue weighted by atomic mass is 9.56. The minimum absolute atomic E-state index is 0.0376. The molecular weight excluding hydrogens is 414 g/mol. The SMILES string of the molecule is CC(=O)c1cccc2c1C[C@H]1C[C@H]3[C@@H](N(C)C)C(O)=C(C(N)=O)C(=N)[C@@]3(O)C(=O)C1=C2O. The molecule has 0 aromatic heterocycles. The van der Waals surface area contributed by atoms with Gasteiger partial charge in [-0.15, -0.1) is 0 Å². The Morgan fingerprint density at radius 3 is 2.47 bits per heavy atom. The molecule has 3 aliphatic carbocycles. The van der Waals surface area contributed by atoms with Gasteiger partial charge in [-0.05, 0) is 45.3 Å². The first-order valence-corrected chi connectivity index (χ1v) is 10.2. The van der Waals surface area contributed by atoms with Crippen LogP contribution in [0.25, 0.3) is 5.76 Å². The van der Waals surface area contributed by atoms with Crippen LogP contribution in [0.2, 0.25) is 0 Å². The summed E-state index contributed by atoms with van der Waals surface area (Å²) >= 11 is 0. The van der Waals surface area contributed by atoms with E-state index in [-0.39, 0.29) is 30.0 Å². The van der Waals surface area contributed by atoms with Crippen molar-refractivity contribution in [1.82, 2.24) is 4.90 Å². The molecular formula is C23H25N3O6. The lowest BCUT2D eigenvalue weighted by molar-refractivity contribution is -0.138. The molecule has 0 saturated heterocycles. The van der Waals surface area contributed by atoms with Gasteiger partial charge in [-0.1, -0.05) is 18.2 Å². The fraction of sp³-hybridized carbons (Fsp3) is 0.391. The highest BCUT2D eigenvalue weighted by Crippen LogP contribution is 2.51. The van der Waals surface area contributed by atoms with E-state index in [0.717, 1.165) is 0 Å². The Kier molecular flexibility index (Phi) is 4.87. The highest BCUT2D eigenvalue weighted by atomic mass is 16.3. The molecule has 0 spiro atoms. The number of likely N-dealkylation sites (N-methyl/N-ethyl adjacent to an activating group) is 1. The summed E-state index contributed by atoms with van der Waals surface area (Å²) in [6.07, 6.45) is 0.415. The van der Waals surface area contributed by atoms with Gasteiger partial charge in [-0.2, -0.15) is 0 Å². The molecule has 1 amide bonds. The van der Waals surface area contributed by atoms with Crippen molar-refractivity contribution < 1.29 is 29.7 Å². The molecule has 3 aliphatic rings. The van der Waals surface area contributed by atoms with E-state index in [1.165, 1.54) is 6.92 Å². The van der Waals surface area contributed by atoms with Crippen molar-refractivity contribution in [3.05, 3.63) is 51.8 Å². The van der Waals surface area contributed by atoms with Gasteiger partial charge in [-0.3, -0.25) is 19.3 Å². The van der Waals surface area contributed by atoms with Crippen LogP contribution in [0, 0.1) is 17.2 Å². The van der Waals surface area contributed by atoms with Crippen LogP contribution in [-0.4, -0.2) is 69.1 Å². The molecule has 168 valence electrons. The number of benzene rings is 1. The van der Waals surface area contributed by atoms with Gasteiger partial charge in [0.25, 0.3) is 5.91 Å². The van der Waals surface area contributed by atoms with Crippen LogP contribution in [0.5, 0.6) is 0 Å². The lowest BCUT2D eigenvalue weighted by Gasteiger charge is -2.51. The number of aliphatic hydroxyl groups excluding tert-OH is 2. The number of primary amides is 1. The largest absolute Gasteiger partial charge is 0.510 e. The second-order valence-corrected chi connectivity index (χ2v) is 8.90. The average Bonchev–Trinajstić information content (AvgIpc) is 2.70. The lowest BCUT2D eigenvalue weighted by Crippen LogP contribution is -2.67. The Bertz CT molecular complexity index is 1160. The summed E-state index contributed by atoms with van der Waals surface area (Å²) in [4.78, 5) is 39.4. The molecule has 1 fully saturated rings. The summed E-state index contributed by atoms with van der Waals surface area (Å²) in [5.41, 5.74) is 2.93. The molecule has 0 heterocycles. The van der Waals surface area contributed by atoms with Crippen molar-refractivity contribution in [2.24, 2.45) is 17.6 Å². The number of hydrogen-bond acceptors (Lipinski definition) is 8. The second kappa shape index (κ2) is 7.11. The van der Waals surface area contributed by atoms with E-state index < -0.39 is 52.2 Å². The molecule has 1 saturated carbocycles. The summed E-state index contributed by atoms with van der Waals surface area (Å²) in [6, 6.07) is 3.91. The number of fused-ring (bicyclic) bond motifs is 3. The topological polar surface area (TPSA) is 165 Å². The fourth-order valence-corrected chi connectivity index (χ4v) is 5.56. The molecule has 4 atom stereocenters. The molecule has 6 N–H and O–H groups in total. The zero-order chi connectivity index (χ0) is 23.7. The number of amides is 1. The van der Waals surface area contributed by atoms with Crippen LogP contribution in [0.15, 0.2) is 35.1 Å². The minimum atomic E-state index is -2.44. The van der Waals surface area contributed by atoms with Crippen molar-refractivity contribution in [1.29, 1.82) is 5.41 Å². The number of nitrogens with zero attached hydrogens (tertiary/aromatic N) is 1. The molecule has 9 nitrogen and oxygen atoms in total. The number of Topliss-reactive ketones (excluding diaryl/α,β-unsaturated/α-hetero) is 2. The summed E-state index contributed by atoms with van der Waals surface area (Å²) < 4.78 is 0. The zero-order valence-electron chi connectivity index (χ0n) is 18.0. The van der Waals surface area contributed by atoms with E-state index in [4.69, 9.17) is 11.1 Å². The third-order valence-electron chi connectivity index (χ3n) is 6.94. The van der Waals surface area contributed by atoms with Crippen LogP contribution >= 0.6 is 0 Å². The van der Waals surface area contributed by atoms with E-state index >= 15 is 0 Å². The maximum absolute atomic E-state index is 13.7. The second-order valence-electron chi connectivity index (χ2n) is 8.90. The molecule has 0 aliphatic heterocycles. The monoisotopic (exact) mass is 439 g/mol. The quantitative estimate of drug-likeness (QED) is 0.437. The van der Waals surface area contributed by atoms with Crippen molar-refractivity contribution in [3.8, 4) is 0 Å².